The molecule has 0 amide bonds. The highest BCUT2D eigenvalue weighted by Crippen LogP contribution is 2.39. The fourth-order valence-electron chi connectivity index (χ4n) is 3.13. The van der Waals surface area contributed by atoms with Crippen LogP contribution in [0.25, 0.3) is 0 Å². The molecule has 0 unspecified atom stereocenters. The highest BCUT2D eigenvalue weighted by molar-refractivity contribution is 14.1. The number of nitrogens with zero attached hydrogens (tertiary/aromatic N) is 2. The number of aromatic nitrogens is 1. The van der Waals surface area contributed by atoms with Crippen LogP contribution in [0.1, 0.15) is 42.1 Å². The highest BCUT2D eigenvalue weighted by Gasteiger charge is 2.28. The Morgan fingerprint density at radius 1 is 1.50 bits per heavy atom. The molecule has 3 nitrogen and oxygen atoms in total. The molecule has 0 radical (unpaired) electrons. The van der Waals surface area contributed by atoms with Crippen LogP contribution in [0, 0.1) is 0 Å². The Kier molecular flexibility index (Phi) is 3.75. The topological polar surface area (TPSA) is 25.4 Å². The van der Waals surface area contributed by atoms with E-state index in [2.05, 4.69) is 45.7 Å². The number of likely N-dealkylation sites (tertiary alicyclic amines) is 1. The van der Waals surface area contributed by atoms with Gasteiger partial charge in [0.05, 0.1) is 12.3 Å². The maximum Gasteiger partial charge on any atom is 0.145 e. The number of hydrogen-bond acceptors (Lipinski definition) is 3. The van der Waals surface area contributed by atoms with E-state index in [1.54, 1.807) is 0 Å². The molecule has 2 aliphatic heterocycles. The van der Waals surface area contributed by atoms with Crippen LogP contribution < -0.4 is 4.74 Å². The lowest BCUT2D eigenvalue weighted by molar-refractivity contribution is 0.275. The molecule has 1 aromatic heterocycles. The molecule has 1 fully saturated rings. The maximum absolute atomic E-state index is 5.90. The zero-order valence-electron chi connectivity index (χ0n) is 10.8. The summed E-state index contributed by atoms with van der Waals surface area (Å²) >= 11 is 2.37. The summed E-state index contributed by atoms with van der Waals surface area (Å²) in [6, 6.07) is 0.552. The van der Waals surface area contributed by atoms with Crippen molar-refractivity contribution in [1.29, 1.82) is 0 Å². The molecule has 0 saturated carbocycles. The monoisotopic (exact) mass is 358 g/mol. The predicted octanol–water partition coefficient (Wildman–Crippen LogP) is 3.11. The third-order valence-electron chi connectivity index (χ3n) is 4.07. The fraction of sp³-hybridized carbons (Fsp3) is 0.643. The van der Waals surface area contributed by atoms with Gasteiger partial charge < -0.3 is 4.74 Å². The van der Waals surface area contributed by atoms with Crippen LogP contribution >= 0.6 is 22.6 Å². The van der Waals surface area contributed by atoms with Gasteiger partial charge in [0.2, 0.25) is 0 Å². The normalized spacial score (nSPS) is 23.8. The molecule has 0 aromatic carbocycles. The average molecular weight is 358 g/mol. The van der Waals surface area contributed by atoms with Gasteiger partial charge in [0, 0.05) is 22.2 Å². The predicted molar refractivity (Wildman–Crippen MR) is 80.4 cm³/mol. The molecule has 0 N–H and O–H groups in total. The van der Waals surface area contributed by atoms with E-state index in [9.17, 15) is 0 Å². The lowest BCUT2D eigenvalue weighted by Crippen LogP contribution is -2.21. The van der Waals surface area contributed by atoms with Crippen LogP contribution in [0.5, 0.6) is 5.75 Å². The zero-order valence-corrected chi connectivity index (χ0v) is 12.9. The van der Waals surface area contributed by atoms with Gasteiger partial charge in [-0.3, -0.25) is 9.88 Å². The Bertz CT molecular complexity index is 450. The van der Waals surface area contributed by atoms with Gasteiger partial charge in [-0.2, -0.15) is 0 Å². The largest absolute Gasteiger partial charge is 0.491 e. The van der Waals surface area contributed by atoms with Crippen LogP contribution in [0.3, 0.4) is 0 Å². The molecule has 4 heteroatoms. The van der Waals surface area contributed by atoms with Crippen LogP contribution in [0.2, 0.25) is 0 Å². The molecule has 18 heavy (non-hydrogen) atoms. The molecule has 0 spiro atoms. The minimum Gasteiger partial charge on any atom is -0.491 e. The summed E-state index contributed by atoms with van der Waals surface area (Å²) in [5.74, 6) is 1.09. The number of alkyl halides is 1. The van der Waals surface area contributed by atoms with Crippen molar-refractivity contribution in [3.63, 3.8) is 0 Å². The van der Waals surface area contributed by atoms with E-state index in [0.29, 0.717) is 6.04 Å². The molecule has 0 aliphatic carbocycles. The molecule has 1 aromatic rings. The summed E-state index contributed by atoms with van der Waals surface area (Å²) in [7, 11) is 2.22. The first-order valence-electron chi connectivity index (χ1n) is 6.71. The van der Waals surface area contributed by atoms with Gasteiger partial charge >= 0.3 is 0 Å². The van der Waals surface area contributed by atoms with Crippen LogP contribution in [-0.4, -0.2) is 30.1 Å². The number of pyridine rings is 1. The third kappa shape index (κ3) is 2.13. The number of fused-ring (bicyclic) bond motifs is 1. The third-order valence-corrected chi connectivity index (χ3v) is 4.79. The summed E-state index contributed by atoms with van der Waals surface area (Å²) in [5.41, 5.74) is 3.97. The molecular formula is C14H19IN2O. The molecule has 2 aliphatic rings. The second-order valence-corrected chi connectivity index (χ2v) is 5.95. The minimum atomic E-state index is 0.552. The van der Waals surface area contributed by atoms with Crippen molar-refractivity contribution < 1.29 is 4.74 Å². The first-order chi connectivity index (χ1) is 8.81. The number of halogens is 1. The molecule has 1 atom stereocenters. The Hall–Kier alpha value is -0.360. The maximum atomic E-state index is 5.90. The second-order valence-electron chi connectivity index (χ2n) is 5.19. The lowest BCUT2D eigenvalue weighted by Gasteiger charge is -2.27. The van der Waals surface area contributed by atoms with Crippen molar-refractivity contribution in [2.45, 2.75) is 36.2 Å². The number of ether oxygens (including phenoxy) is 1. The summed E-state index contributed by atoms with van der Waals surface area (Å²) in [6.45, 7) is 2.05. The van der Waals surface area contributed by atoms with E-state index in [4.69, 9.17) is 4.74 Å². The van der Waals surface area contributed by atoms with E-state index >= 15 is 0 Å². The van der Waals surface area contributed by atoms with Crippen molar-refractivity contribution in [1.82, 2.24) is 9.88 Å². The van der Waals surface area contributed by atoms with Crippen LogP contribution in [-0.2, 0) is 10.8 Å². The first kappa shape index (κ1) is 12.7. The van der Waals surface area contributed by atoms with E-state index in [1.165, 1.54) is 30.5 Å². The van der Waals surface area contributed by atoms with Crippen molar-refractivity contribution in [2.75, 3.05) is 20.2 Å². The summed E-state index contributed by atoms with van der Waals surface area (Å²) in [6.07, 6.45) is 6.95. The molecule has 98 valence electrons. The Morgan fingerprint density at radius 2 is 2.39 bits per heavy atom. The molecule has 3 heterocycles. The first-order valence-corrected chi connectivity index (χ1v) is 8.23. The Morgan fingerprint density at radius 3 is 3.11 bits per heavy atom. The van der Waals surface area contributed by atoms with Crippen molar-refractivity contribution >= 4 is 22.6 Å². The van der Waals surface area contributed by atoms with Gasteiger partial charge in [0.15, 0.2) is 0 Å². The average Bonchev–Trinajstić information content (AvgIpc) is 2.83. The second kappa shape index (κ2) is 5.33. The van der Waals surface area contributed by atoms with Crippen molar-refractivity contribution in [2.24, 2.45) is 0 Å². The van der Waals surface area contributed by atoms with Gasteiger partial charge in [0.25, 0.3) is 0 Å². The van der Waals surface area contributed by atoms with Crippen molar-refractivity contribution in [3.8, 4) is 5.75 Å². The molecule has 3 rings (SSSR count). The lowest BCUT2D eigenvalue weighted by atomic mass is 9.95. The molecular weight excluding hydrogens is 339 g/mol. The quantitative estimate of drug-likeness (QED) is 0.600. The van der Waals surface area contributed by atoms with E-state index < -0.39 is 0 Å². The highest BCUT2D eigenvalue weighted by atomic mass is 127. The zero-order chi connectivity index (χ0) is 12.5. The van der Waals surface area contributed by atoms with E-state index in [-0.39, 0.29) is 0 Å². The SMILES string of the molecule is CN1CCC[C@H]1c1cnc(CI)c2c1CCCO2. The number of rotatable bonds is 2. The van der Waals surface area contributed by atoms with Gasteiger partial charge in [0.1, 0.15) is 5.75 Å². The van der Waals surface area contributed by atoms with Crippen LogP contribution in [0.15, 0.2) is 6.20 Å². The smallest absolute Gasteiger partial charge is 0.145 e. The fourth-order valence-corrected chi connectivity index (χ4v) is 3.67. The molecule has 1 saturated heterocycles. The molecule has 0 bridgehead atoms. The summed E-state index contributed by atoms with van der Waals surface area (Å²) < 4.78 is 6.83. The summed E-state index contributed by atoms with van der Waals surface area (Å²) in [5, 5.41) is 0. The summed E-state index contributed by atoms with van der Waals surface area (Å²) in [4.78, 5) is 7.08. The van der Waals surface area contributed by atoms with Crippen molar-refractivity contribution in [3.05, 3.63) is 23.0 Å². The van der Waals surface area contributed by atoms with Gasteiger partial charge in [-0.05, 0) is 44.8 Å². The minimum absolute atomic E-state index is 0.552. The van der Waals surface area contributed by atoms with E-state index in [0.717, 1.165) is 35.3 Å². The van der Waals surface area contributed by atoms with Gasteiger partial charge in [-0.15, -0.1) is 0 Å². The van der Waals surface area contributed by atoms with Crippen LogP contribution in [0.4, 0.5) is 0 Å². The Balaban J connectivity index is 2.04. The number of hydrogen-bond donors (Lipinski definition) is 0. The standard InChI is InChI=1S/C14H19IN2O/c1-17-6-2-5-13(17)11-9-16-12(8-15)14-10(11)4-3-7-18-14/h9,13H,2-8H2,1H3/t13-/m0/s1. The van der Waals surface area contributed by atoms with Gasteiger partial charge in [-0.25, -0.2) is 0 Å². The van der Waals surface area contributed by atoms with Gasteiger partial charge in [-0.1, -0.05) is 22.6 Å². The van der Waals surface area contributed by atoms with E-state index in [1.807, 2.05) is 0 Å². The Labute approximate surface area is 122 Å².